The Labute approximate surface area is 133 Å². The Balaban J connectivity index is 1.69. The van der Waals surface area contributed by atoms with Gasteiger partial charge in [0, 0.05) is 21.9 Å². The van der Waals surface area contributed by atoms with Crippen molar-refractivity contribution in [3.8, 4) is 5.75 Å². The minimum absolute atomic E-state index is 0.124. The molecule has 2 heterocycles. The van der Waals surface area contributed by atoms with Gasteiger partial charge in [-0.25, -0.2) is 4.79 Å². The number of rotatable bonds is 4. The van der Waals surface area contributed by atoms with Crippen LogP contribution >= 0.6 is 11.8 Å². The molecule has 2 N–H and O–H groups in total. The van der Waals surface area contributed by atoms with E-state index in [1.807, 2.05) is 12.1 Å². The zero-order valence-electron chi connectivity index (χ0n) is 12.2. The summed E-state index contributed by atoms with van der Waals surface area (Å²) in [6.45, 7) is 3.57. The molecule has 3 atom stereocenters. The summed E-state index contributed by atoms with van der Waals surface area (Å²) in [5.74, 6) is 0.192. The lowest BCUT2D eigenvalue weighted by Crippen LogP contribution is -2.34. The van der Waals surface area contributed by atoms with E-state index < -0.39 is 13.1 Å². The fourth-order valence-electron chi connectivity index (χ4n) is 3.22. The molecule has 2 aliphatic heterocycles. The van der Waals surface area contributed by atoms with Crippen molar-refractivity contribution in [2.45, 2.75) is 35.2 Å². The summed E-state index contributed by atoms with van der Waals surface area (Å²) in [6.07, 6.45) is 0.871. The molecule has 0 unspecified atom stereocenters. The molecule has 22 heavy (non-hydrogen) atoms. The molecule has 2 fully saturated rings. The molecule has 0 bridgehead atoms. The molecule has 4 rings (SSSR count). The highest BCUT2D eigenvalue weighted by Gasteiger charge is 2.54. The van der Waals surface area contributed by atoms with Gasteiger partial charge in [0.1, 0.15) is 11.3 Å². The Kier molecular flexibility index (Phi) is 3.40. The fourth-order valence-corrected chi connectivity index (χ4v) is 4.41. The van der Waals surface area contributed by atoms with Crippen molar-refractivity contribution in [2.24, 2.45) is 5.92 Å². The Morgan fingerprint density at radius 2 is 2.23 bits per heavy atom. The van der Waals surface area contributed by atoms with Crippen molar-refractivity contribution in [3.05, 3.63) is 23.3 Å². The normalized spacial score (nSPS) is 27.3. The molecular formula is C15H17BO5S. The Morgan fingerprint density at radius 3 is 2.86 bits per heavy atom. The Morgan fingerprint density at radius 1 is 1.45 bits per heavy atom. The van der Waals surface area contributed by atoms with Crippen molar-refractivity contribution >= 4 is 24.8 Å². The van der Waals surface area contributed by atoms with Crippen molar-refractivity contribution < 1.29 is 24.3 Å². The predicted molar refractivity (Wildman–Crippen MR) is 82.7 cm³/mol. The molecule has 0 amide bonds. The van der Waals surface area contributed by atoms with Crippen LogP contribution in [-0.2, 0) is 4.74 Å². The predicted octanol–water partition coefficient (Wildman–Crippen LogP) is 2.24. The molecule has 0 spiro atoms. The summed E-state index contributed by atoms with van der Waals surface area (Å²) >= 11 is 1.55. The van der Waals surface area contributed by atoms with Crippen LogP contribution in [0.3, 0.4) is 0 Å². The molecular weight excluding hydrogens is 303 g/mol. The van der Waals surface area contributed by atoms with Gasteiger partial charge in [-0.2, -0.15) is 0 Å². The van der Waals surface area contributed by atoms with Gasteiger partial charge in [0.2, 0.25) is 0 Å². The number of benzene rings is 1. The second kappa shape index (κ2) is 5.18. The summed E-state index contributed by atoms with van der Waals surface area (Å²) in [4.78, 5) is 12.5. The first kappa shape index (κ1) is 14.4. The lowest BCUT2D eigenvalue weighted by molar-refractivity contribution is -0.0302. The van der Waals surface area contributed by atoms with Crippen molar-refractivity contribution in [1.82, 2.24) is 0 Å². The minimum Gasteiger partial charge on any atom is -0.535 e. The van der Waals surface area contributed by atoms with Crippen LogP contribution < -0.4 is 4.65 Å². The third-order valence-electron chi connectivity index (χ3n) is 4.85. The summed E-state index contributed by atoms with van der Waals surface area (Å²) in [5.41, 5.74) is 1.12. The number of carbonyl (C=O) groups is 1. The van der Waals surface area contributed by atoms with Crippen LogP contribution in [0.5, 0.6) is 5.75 Å². The number of aromatic carboxylic acids is 1. The molecule has 3 aliphatic rings. The van der Waals surface area contributed by atoms with Crippen LogP contribution in [0.4, 0.5) is 0 Å². The highest BCUT2D eigenvalue weighted by molar-refractivity contribution is 8.00. The molecule has 1 aromatic carbocycles. The maximum Gasteiger partial charge on any atom is 0.526 e. The van der Waals surface area contributed by atoms with E-state index in [1.165, 1.54) is 0 Å². The number of carboxylic acid groups (broad SMARTS) is 1. The molecule has 0 aromatic heterocycles. The second-order valence-electron chi connectivity index (χ2n) is 6.30. The van der Waals surface area contributed by atoms with Crippen molar-refractivity contribution in [1.29, 1.82) is 0 Å². The standard InChI is InChI=1S/C15H17BO5S/c1-7(8-5-20-6-8)22-12-3-2-9-10-4-11(10)16(19)21-14(9)13(12)15(17)18/h2-3,7-8,10-11,19H,4-6H2,1H3,(H,17,18)/t7-,10+,11+/m0/s1. The van der Waals surface area contributed by atoms with Crippen molar-refractivity contribution in [2.75, 3.05) is 13.2 Å². The summed E-state index contributed by atoms with van der Waals surface area (Å²) in [6, 6.07) is 3.85. The molecule has 1 saturated carbocycles. The SMILES string of the molecule is C[C@H](Sc1ccc2c(c1C(=O)O)OB(O)[C@@H]1C[C@H]21)C1COC1. The number of fused-ring (bicyclic) bond motifs is 3. The molecule has 1 aromatic rings. The average molecular weight is 320 g/mol. The van der Waals surface area contributed by atoms with Crippen molar-refractivity contribution in [3.63, 3.8) is 0 Å². The number of thioether (sulfide) groups is 1. The van der Waals surface area contributed by atoms with Gasteiger partial charge in [0.15, 0.2) is 0 Å². The van der Waals surface area contributed by atoms with Crippen LogP contribution in [0, 0.1) is 5.92 Å². The third-order valence-corrected chi connectivity index (χ3v) is 6.20. The first-order chi connectivity index (χ1) is 10.6. The van der Waals surface area contributed by atoms with E-state index in [0.29, 0.717) is 16.6 Å². The highest BCUT2D eigenvalue weighted by atomic mass is 32.2. The fraction of sp³-hybridized carbons (Fsp3) is 0.533. The number of hydrogen-bond acceptors (Lipinski definition) is 5. The minimum atomic E-state index is -0.997. The molecule has 5 nitrogen and oxygen atoms in total. The number of carboxylic acids is 1. The topological polar surface area (TPSA) is 76.0 Å². The zero-order chi connectivity index (χ0) is 15.4. The van der Waals surface area contributed by atoms with Gasteiger partial charge in [-0.05, 0) is 24.0 Å². The van der Waals surface area contributed by atoms with E-state index in [9.17, 15) is 14.9 Å². The van der Waals surface area contributed by atoms with Crippen LogP contribution in [0.15, 0.2) is 17.0 Å². The van der Waals surface area contributed by atoms with Gasteiger partial charge in [-0.15, -0.1) is 11.8 Å². The van der Waals surface area contributed by atoms with Crippen LogP contribution in [0.2, 0.25) is 5.82 Å². The van der Waals surface area contributed by atoms with Gasteiger partial charge in [-0.3, -0.25) is 0 Å². The summed E-state index contributed by atoms with van der Waals surface area (Å²) < 4.78 is 10.7. The first-order valence-electron chi connectivity index (χ1n) is 7.55. The summed E-state index contributed by atoms with van der Waals surface area (Å²) in [7, 11) is -0.881. The molecule has 7 heteroatoms. The largest absolute Gasteiger partial charge is 0.535 e. The first-order valence-corrected chi connectivity index (χ1v) is 8.43. The van der Waals surface area contributed by atoms with E-state index >= 15 is 0 Å². The highest BCUT2D eigenvalue weighted by Crippen LogP contribution is 2.60. The van der Waals surface area contributed by atoms with E-state index in [-0.39, 0.29) is 22.5 Å². The second-order valence-corrected chi connectivity index (χ2v) is 7.72. The van der Waals surface area contributed by atoms with E-state index in [0.717, 1.165) is 25.2 Å². The van der Waals surface area contributed by atoms with Crippen LogP contribution in [0.1, 0.15) is 35.2 Å². The van der Waals surface area contributed by atoms with Crippen LogP contribution in [0.25, 0.3) is 0 Å². The average Bonchev–Trinajstić information content (AvgIpc) is 3.16. The molecule has 1 saturated heterocycles. The van der Waals surface area contributed by atoms with Gasteiger partial charge in [-0.1, -0.05) is 13.0 Å². The van der Waals surface area contributed by atoms with Gasteiger partial charge < -0.3 is 19.5 Å². The lowest BCUT2D eigenvalue weighted by atomic mass is 9.77. The smallest absolute Gasteiger partial charge is 0.526 e. The van der Waals surface area contributed by atoms with Crippen LogP contribution in [-0.4, -0.2) is 41.7 Å². The quantitative estimate of drug-likeness (QED) is 0.654. The summed E-state index contributed by atoms with van der Waals surface area (Å²) in [5, 5.41) is 19.9. The Hall–Kier alpha value is -1.18. The molecule has 0 radical (unpaired) electrons. The maximum atomic E-state index is 11.8. The zero-order valence-corrected chi connectivity index (χ0v) is 13.0. The maximum absolute atomic E-state index is 11.8. The van der Waals surface area contributed by atoms with Gasteiger partial charge >= 0.3 is 13.1 Å². The molecule has 116 valence electrons. The lowest BCUT2D eigenvalue weighted by Gasteiger charge is -2.31. The van der Waals surface area contributed by atoms with Gasteiger partial charge in [0.25, 0.3) is 0 Å². The monoisotopic (exact) mass is 320 g/mol. The van der Waals surface area contributed by atoms with Gasteiger partial charge in [0.05, 0.1) is 13.2 Å². The number of ether oxygens (including phenoxy) is 1. The molecule has 1 aliphatic carbocycles. The Bertz CT molecular complexity index is 633. The third kappa shape index (κ3) is 2.23. The van der Waals surface area contributed by atoms with E-state index in [4.69, 9.17) is 9.39 Å². The number of hydrogen-bond donors (Lipinski definition) is 2. The van der Waals surface area contributed by atoms with E-state index in [1.54, 1.807) is 11.8 Å². The van der Waals surface area contributed by atoms with E-state index in [2.05, 4.69) is 6.92 Å².